The molecular weight excluding hydrogens is 186 g/mol. The van der Waals surface area contributed by atoms with Crippen LogP contribution in [0.1, 0.15) is 47.0 Å². The largest absolute Gasteiger partial charge is 0.339 e. The first-order valence-corrected chi connectivity index (χ1v) is 6.26. The maximum Gasteiger partial charge on any atom is 0.225 e. The number of amides is 1. The van der Waals surface area contributed by atoms with E-state index in [2.05, 4.69) is 32.6 Å². The van der Waals surface area contributed by atoms with Crippen molar-refractivity contribution in [1.29, 1.82) is 0 Å². The zero-order valence-electron chi connectivity index (χ0n) is 10.4. The van der Waals surface area contributed by atoms with Crippen LogP contribution >= 0.6 is 0 Å². The van der Waals surface area contributed by atoms with Crippen LogP contribution in [0.25, 0.3) is 0 Å². The lowest BCUT2D eigenvalue weighted by molar-refractivity contribution is -0.137. The third-order valence-electron chi connectivity index (χ3n) is 4.40. The minimum Gasteiger partial charge on any atom is -0.339 e. The van der Waals surface area contributed by atoms with Gasteiger partial charge in [-0.25, -0.2) is 0 Å². The van der Waals surface area contributed by atoms with E-state index >= 15 is 0 Å². The van der Waals surface area contributed by atoms with Gasteiger partial charge in [-0.2, -0.15) is 0 Å². The second-order valence-corrected chi connectivity index (χ2v) is 6.05. The van der Waals surface area contributed by atoms with Gasteiger partial charge in [-0.05, 0) is 37.5 Å². The molecule has 15 heavy (non-hydrogen) atoms. The molecule has 0 aromatic carbocycles. The summed E-state index contributed by atoms with van der Waals surface area (Å²) in [7, 11) is 0. The Morgan fingerprint density at radius 3 is 2.33 bits per heavy atom. The Kier molecular flexibility index (Phi) is 2.56. The fraction of sp³-hybridized carbons (Fsp3) is 0.923. The third kappa shape index (κ3) is 1.91. The molecule has 2 nitrogen and oxygen atoms in total. The first kappa shape index (κ1) is 11.0. The fourth-order valence-corrected chi connectivity index (χ4v) is 2.70. The van der Waals surface area contributed by atoms with E-state index in [-0.39, 0.29) is 5.92 Å². The Bertz CT molecular complexity index is 268. The summed E-state index contributed by atoms with van der Waals surface area (Å²) in [5.74, 6) is 1.02. The molecule has 1 saturated heterocycles. The zero-order chi connectivity index (χ0) is 11.2. The van der Waals surface area contributed by atoms with E-state index in [0.717, 1.165) is 6.54 Å². The fourth-order valence-electron chi connectivity index (χ4n) is 2.70. The van der Waals surface area contributed by atoms with Crippen molar-refractivity contribution in [1.82, 2.24) is 4.90 Å². The lowest BCUT2D eigenvalue weighted by atomic mass is 9.96. The van der Waals surface area contributed by atoms with Crippen LogP contribution in [0.15, 0.2) is 0 Å². The molecule has 0 N–H and O–H groups in total. The van der Waals surface area contributed by atoms with Crippen molar-refractivity contribution in [3.05, 3.63) is 0 Å². The van der Waals surface area contributed by atoms with Crippen LogP contribution in [-0.2, 0) is 4.79 Å². The monoisotopic (exact) mass is 209 g/mol. The molecule has 86 valence electrons. The van der Waals surface area contributed by atoms with Gasteiger partial charge in [-0.3, -0.25) is 4.79 Å². The molecule has 2 heteroatoms. The minimum absolute atomic E-state index is 0.182. The Morgan fingerprint density at radius 1 is 1.33 bits per heavy atom. The van der Waals surface area contributed by atoms with Crippen LogP contribution in [0, 0.1) is 17.3 Å². The first-order chi connectivity index (χ1) is 6.95. The summed E-state index contributed by atoms with van der Waals surface area (Å²) in [5, 5.41) is 0. The Hall–Kier alpha value is -0.530. The molecule has 0 bridgehead atoms. The van der Waals surface area contributed by atoms with Crippen molar-refractivity contribution in [3.8, 4) is 0 Å². The summed E-state index contributed by atoms with van der Waals surface area (Å²) in [6.07, 6.45) is 3.93. The number of hydrogen-bond acceptors (Lipinski definition) is 1. The lowest BCUT2D eigenvalue weighted by Crippen LogP contribution is -2.39. The average Bonchev–Trinajstić information content (AvgIpc) is 2.82. The van der Waals surface area contributed by atoms with Gasteiger partial charge in [0.2, 0.25) is 5.91 Å². The van der Waals surface area contributed by atoms with Gasteiger partial charge >= 0.3 is 0 Å². The molecule has 1 spiro atoms. The first-order valence-electron chi connectivity index (χ1n) is 6.26. The van der Waals surface area contributed by atoms with Crippen LogP contribution in [-0.4, -0.2) is 23.4 Å². The lowest BCUT2D eigenvalue weighted by Gasteiger charge is -2.26. The number of rotatable bonds is 2. The molecule has 2 aliphatic rings. The maximum absolute atomic E-state index is 12.2. The van der Waals surface area contributed by atoms with E-state index in [1.54, 1.807) is 0 Å². The van der Waals surface area contributed by atoms with Crippen LogP contribution in [0.3, 0.4) is 0 Å². The third-order valence-corrected chi connectivity index (χ3v) is 4.40. The van der Waals surface area contributed by atoms with Gasteiger partial charge in [0.05, 0.1) is 0 Å². The SMILES string of the molecule is CC(C)C(C)C(=O)N1CC2(CC2)CC1C. The van der Waals surface area contributed by atoms with Gasteiger partial charge in [0, 0.05) is 18.5 Å². The second-order valence-electron chi connectivity index (χ2n) is 6.05. The predicted molar refractivity (Wildman–Crippen MR) is 61.5 cm³/mol. The van der Waals surface area contributed by atoms with Gasteiger partial charge in [-0.1, -0.05) is 20.8 Å². The Morgan fingerprint density at radius 2 is 1.93 bits per heavy atom. The molecule has 1 amide bonds. The van der Waals surface area contributed by atoms with Gasteiger partial charge in [0.1, 0.15) is 0 Å². The maximum atomic E-state index is 12.2. The van der Waals surface area contributed by atoms with E-state index in [0.29, 0.717) is 23.3 Å². The molecule has 0 radical (unpaired) electrons. The summed E-state index contributed by atoms with van der Waals surface area (Å²) >= 11 is 0. The van der Waals surface area contributed by atoms with Crippen molar-refractivity contribution >= 4 is 5.91 Å². The molecule has 0 aromatic rings. The Labute approximate surface area is 93.0 Å². The van der Waals surface area contributed by atoms with E-state index < -0.39 is 0 Å². The van der Waals surface area contributed by atoms with E-state index in [1.165, 1.54) is 19.3 Å². The highest BCUT2D eigenvalue weighted by Gasteiger charge is 2.52. The molecule has 1 aliphatic heterocycles. The summed E-state index contributed by atoms with van der Waals surface area (Å²) in [4.78, 5) is 14.4. The van der Waals surface area contributed by atoms with E-state index in [9.17, 15) is 4.79 Å². The van der Waals surface area contributed by atoms with Gasteiger partial charge in [-0.15, -0.1) is 0 Å². The van der Waals surface area contributed by atoms with Crippen LogP contribution in [0.2, 0.25) is 0 Å². The number of carbonyl (C=O) groups is 1. The standard InChI is InChI=1S/C13H23NO/c1-9(2)11(4)12(15)14-8-13(5-6-13)7-10(14)3/h9-11H,5-8H2,1-4H3. The summed E-state index contributed by atoms with van der Waals surface area (Å²) in [6.45, 7) is 9.58. The van der Waals surface area contributed by atoms with Gasteiger partial charge in [0.15, 0.2) is 0 Å². The van der Waals surface area contributed by atoms with Crippen LogP contribution in [0.4, 0.5) is 0 Å². The molecule has 1 saturated carbocycles. The van der Waals surface area contributed by atoms with Crippen molar-refractivity contribution in [3.63, 3.8) is 0 Å². The highest BCUT2D eigenvalue weighted by molar-refractivity contribution is 5.79. The summed E-state index contributed by atoms with van der Waals surface area (Å²) in [6, 6.07) is 0.473. The zero-order valence-corrected chi connectivity index (χ0v) is 10.4. The van der Waals surface area contributed by atoms with Crippen molar-refractivity contribution in [2.24, 2.45) is 17.3 Å². The molecule has 2 rings (SSSR count). The van der Waals surface area contributed by atoms with Crippen LogP contribution in [0.5, 0.6) is 0 Å². The predicted octanol–water partition coefficient (Wildman–Crippen LogP) is 2.68. The molecular formula is C13H23NO. The molecule has 2 fully saturated rings. The molecule has 0 aromatic heterocycles. The smallest absolute Gasteiger partial charge is 0.225 e. The van der Waals surface area contributed by atoms with E-state index in [1.807, 2.05) is 0 Å². The van der Waals surface area contributed by atoms with Gasteiger partial charge < -0.3 is 4.90 Å². The minimum atomic E-state index is 0.182. The number of likely N-dealkylation sites (tertiary alicyclic amines) is 1. The number of carbonyl (C=O) groups excluding carboxylic acids is 1. The van der Waals surface area contributed by atoms with Gasteiger partial charge in [0.25, 0.3) is 0 Å². The summed E-state index contributed by atoms with van der Waals surface area (Å²) < 4.78 is 0. The topological polar surface area (TPSA) is 20.3 Å². The van der Waals surface area contributed by atoms with Crippen LogP contribution < -0.4 is 0 Å². The average molecular weight is 209 g/mol. The summed E-state index contributed by atoms with van der Waals surface area (Å²) in [5.41, 5.74) is 0.547. The highest BCUT2D eigenvalue weighted by atomic mass is 16.2. The number of hydrogen-bond donors (Lipinski definition) is 0. The van der Waals surface area contributed by atoms with Crippen molar-refractivity contribution in [2.45, 2.75) is 53.0 Å². The quantitative estimate of drug-likeness (QED) is 0.684. The number of nitrogens with zero attached hydrogens (tertiary/aromatic N) is 1. The molecule has 2 atom stereocenters. The molecule has 2 unspecified atom stereocenters. The van der Waals surface area contributed by atoms with E-state index in [4.69, 9.17) is 0 Å². The Balaban J connectivity index is 2.01. The second kappa shape index (κ2) is 3.50. The van der Waals surface area contributed by atoms with Crippen molar-refractivity contribution in [2.75, 3.05) is 6.54 Å². The van der Waals surface area contributed by atoms with Crippen molar-refractivity contribution < 1.29 is 4.79 Å². The normalized spacial score (nSPS) is 29.9. The highest BCUT2D eigenvalue weighted by Crippen LogP contribution is 2.54. The molecule has 1 aliphatic carbocycles. The molecule has 1 heterocycles.